The Bertz CT molecular complexity index is 886. The molecule has 4 bridgehead atoms. The van der Waals surface area contributed by atoms with Crippen LogP contribution in [0.4, 0.5) is 5.69 Å². The third-order valence-corrected chi connectivity index (χ3v) is 8.32. The van der Waals surface area contributed by atoms with Crippen LogP contribution < -0.4 is 5.32 Å². The minimum Gasteiger partial charge on any atom is -0.415 e. The molecule has 1 atom stereocenters. The fraction of sp³-hybridized carbons (Fsp3) is 0.625. The van der Waals surface area contributed by atoms with Gasteiger partial charge in [0.1, 0.15) is 0 Å². The number of hydrogen-bond donors (Lipinski definition) is 1. The first kappa shape index (κ1) is 20.1. The van der Waals surface area contributed by atoms with Gasteiger partial charge in [0.25, 0.3) is 5.22 Å². The lowest BCUT2D eigenvalue weighted by molar-refractivity contribution is -0.115. The molecule has 1 amide bonds. The molecule has 30 heavy (non-hydrogen) atoms. The number of nitrogens with zero attached hydrogens (tertiary/aromatic N) is 2. The fourth-order valence-corrected chi connectivity index (χ4v) is 6.93. The van der Waals surface area contributed by atoms with E-state index in [1.165, 1.54) is 55.9 Å². The highest BCUT2D eigenvalue weighted by Gasteiger charge is 2.54. The number of benzene rings is 1. The van der Waals surface area contributed by atoms with Gasteiger partial charge in [-0.15, -0.1) is 10.2 Å². The number of amides is 1. The van der Waals surface area contributed by atoms with Crippen molar-refractivity contribution in [1.82, 2.24) is 10.2 Å². The molecule has 1 N–H and O–H groups in total. The minimum atomic E-state index is -0.306. The molecule has 4 aliphatic rings. The van der Waals surface area contributed by atoms with E-state index in [1.54, 1.807) is 0 Å². The predicted octanol–water partition coefficient (Wildman–Crippen LogP) is 5.78. The van der Waals surface area contributed by atoms with E-state index < -0.39 is 0 Å². The van der Waals surface area contributed by atoms with Gasteiger partial charge in [0.15, 0.2) is 0 Å². The van der Waals surface area contributed by atoms with Crippen molar-refractivity contribution in [3.8, 4) is 0 Å². The Morgan fingerprint density at radius 1 is 1.03 bits per heavy atom. The highest BCUT2D eigenvalue weighted by atomic mass is 32.2. The van der Waals surface area contributed by atoms with Crippen LogP contribution in [-0.4, -0.2) is 21.4 Å². The zero-order valence-electron chi connectivity index (χ0n) is 18.1. The maximum absolute atomic E-state index is 12.6. The Labute approximate surface area is 182 Å². The van der Waals surface area contributed by atoms with Gasteiger partial charge in [-0.2, -0.15) is 0 Å². The summed E-state index contributed by atoms with van der Waals surface area (Å²) in [6, 6.07) is 8.05. The van der Waals surface area contributed by atoms with Crippen LogP contribution in [0.3, 0.4) is 0 Å². The second kappa shape index (κ2) is 7.70. The van der Waals surface area contributed by atoms with E-state index in [1.807, 2.05) is 19.1 Å². The number of carbonyl (C=O) groups is 1. The molecule has 6 heteroatoms. The number of rotatable bonds is 6. The number of hydrogen-bond acceptors (Lipinski definition) is 5. The van der Waals surface area contributed by atoms with Gasteiger partial charge in [-0.1, -0.05) is 37.7 Å². The summed E-state index contributed by atoms with van der Waals surface area (Å²) in [6.45, 7) is 6.21. The smallest absolute Gasteiger partial charge is 0.277 e. The van der Waals surface area contributed by atoms with Gasteiger partial charge in [0.2, 0.25) is 11.8 Å². The monoisotopic (exact) mass is 425 g/mol. The summed E-state index contributed by atoms with van der Waals surface area (Å²) in [5.41, 5.74) is 2.18. The van der Waals surface area contributed by atoms with Crippen LogP contribution in [0, 0.1) is 17.8 Å². The van der Waals surface area contributed by atoms with E-state index in [-0.39, 0.29) is 16.6 Å². The Balaban J connectivity index is 1.22. The van der Waals surface area contributed by atoms with Crippen LogP contribution in [0.2, 0.25) is 0 Å². The van der Waals surface area contributed by atoms with Crippen molar-refractivity contribution in [2.24, 2.45) is 17.8 Å². The topological polar surface area (TPSA) is 68.0 Å². The molecule has 0 saturated heterocycles. The molecule has 6 rings (SSSR count). The summed E-state index contributed by atoms with van der Waals surface area (Å²) in [4.78, 5) is 12.6. The molecule has 1 aromatic carbocycles. The van der Waals surface area contributed by atoms with Crippen LogP contribution in [0.1, 0.15) is 76.7 Å². The Morgan fingerprint density at radius 3 is 2.20 bits per heavy atom. The first-order valence-electron chi connectivity index (χ1n) is 11.3. The molecule has 1 heterocycles. The third kappa shape index (κ3) is 3.79. The third-order valence-electron chi connectivity index (χ3n) is 7.39. The van der Waals surface area contributed by atoms with E-state index in [9.17, 15) is 4.79 Å². The maximum Gasteiger partial charge on any atom is 0.277 e. The summed E-state index contributed by atoms with van der Waals surface area (Å²) < 4.78 is 6.14. The van der Waals surface area contributed by atoms with E-state index in [4.69, 9.17) is 4.42 Å². The molecular formula is C24H31N3O2S. The molecule has 4 saturated carbocycles. The summed E-state index contributed by atoms with van der Waals surface area (Å²) in [5, 5.41) is 12.0. The van der Waals surface area contributed by atoms with E-state index in [2.05, 4.69) is 41.5 Å². The number of thioether (sulfide) groups is 1. The minimum absolute atomic E-state index is 0.0492. The Morgan fingerprint density at radius 2 is 1.63 bits per heavy atom. The first-order chi connectivity index (χ1) is 14.4. The van der Waals surface area contributed by atoms with Crippen molar-refractivity contribution in [3.63, 3.8) is 0 Å². The molecule has 1 aromatic heterocycles. The molecule has 0 unspecified atom stereocenters. The van der Waals surface area contributed by atoms with Gasteiger partial charge in [-0.25, -0.2) is 0 Å². The van der Waals surface area contributed by atoms with Crippen molar-refractivity contribution in [2.45, 2.75) is 81.1 Å². The lowest BCUT2D eigenvalue weighted by Gasteiger charge is -2.55. The van der Waals surface area contributed by atoms with Crippen LogP contribution >= 0.6 is 11.8 Å². The van der Waals surface area contributed by atoms with Gasteiger partial charge in [-0.3, -0.25) is 4.79 Å². The first-order valence-corrected chi connectivity index (χ1v) is 12.2. The lowest BCUT2D eigenvalue weighted by Crippen LogP contribution is -2.48. The molecule has 4 aliphatic carbocycles. The van der Waals surface area contributed by atoms with E-state index in [0.717, 1.165) is 29.3 Å². The van der Waals surface area contributed by atoms with Crippen LogP contribution in [-0.2, 0) is 10.2 Å². The summed E-state index contributed by atoms with van der Waals surface area (Å²) in [7, 11) is 0. The lowest BCUT2D eigenvalue weighted by atomic mass is 9.49. The van der Waals surface area contributed by atoms with Crippen molar-refractivity contribution in [3.05, 3.63) is 35.7 Å². The van der Waals surface area contributed by atoms with Crippen molar-refractivity contribution in [2.75, 3.05) is 5.32 Å². The molecular weight excluding hydrogens is 394 g/mol. The Kier molecular flexibility index (Phi) is 5.16. The van der Waals surface area contributed by atoms with Crippen molar-refractivity contribution < 1.29 is 9.21 Å². The van der Waals surface area contributed by atoms with Gasteiger partial charge in [0, 0.05) is 11.1 Å². The average molecular weight is 426 g/mol. The predicted molar refractivity (Wildman–Crippen MR) is 119 cm³/mol. The van der Waals surface area contributed by atoms with Gasteiger partial charge >= 0.3 is 0 Å². The normalized spacial score (nSPS) is 30.6. The standard InChI is InChI=1S/C24H31N3O2S/c1-14(2)19-4-6-20(7-5-19)25-21(28)15(3)30-23-27-26-22(29-23)24-11-16-8-17(12-24)10-18(9-16)13-24/h4-7,14-18H,8-13H2,1-3H3,(H,25,28)/t15-,16?,17?,18?,24?/m1/s1. The van der Waals surface area contributed by atoms with Crippen LogP contribution in [0.5, 0.6) is 0 Å². The average Bonchev–Trinajstić information content (AvgIpc) is 3.17. The highest BCUT2D eigenvalue weighted by Crippen LogP contribution is 2.60. The molecule has 0 radical (unpaired) electrons. The molecule has 0 spiro atoms. The molecule has 160 valence electrons. The number of anilines is 1. The maximum atomic E-state index is 12.6. The second-order valence-electron chi connectivity index (χ2n) is 10.1. The highest BCUT2D eigenvalue weighted by molar-refractivity contribution is 8.00. The second-order valence-corrected chi connectivity index (χ2v) is 11.4. The number of nitrogens with one attached hydrogen (secondary N) is 1. The van der Waals surface area contributed by atoms with E-state index in [0.29, 0.717) is 11.1 Å². The largest absolute Gasteiger partial charge is 0.415 e. The van der Waals surface area contributed by atoms with Gasteiger partial charge < -0.3 is 9.73 Å². The van der Waals surface area contributed by atoms with Crippen molar-refractivity contribution in [1.29, 1.82) is 0 Å². The van der Waals surface area contributed by atoms with Gasteiger partial charge in [-0.05, 0) is 86.8 Å². The Hall–Kier alpha value is -1.82. The van der Waals surface area contributed by atoms with Gasteiger partial charge in [0.05, 0.1) is 5.25 Å². The summed E-state index contributed by atoms with van der Waals surface area (Å²) in [6.07, 6.45) is 7.79. The number of aromatic nitrogens is 2. The summed E-state index contributed by atoms with van der Waals surface area (Å²) >= 11 is 1.35. The van der Waals surface area contributed by atoms with Crippen LogP contribution in [0.15, 0.2) is 33.9 Å². The molecule has 2 aromatic rings. The van der Waals surface area contributed by atoms with Crippen LogP contribution in [0.25, 0.3) is 0 Å². The quantitative estimate of drug-likeness (QED) is 0.594. The SMILES string of the molecule is CC(C)c1ccc(NC(=O)[C@@H](C)Sc2nnc(C34CC5CC(CC(C5)C3)C4)o2)cc1. The zero-order valence-corrected chi connectivity index (χ0v) is 18.9. The number of carbonyl (C=O) groups excluding carboxylic acids is 1. The summed E-state index contributed by atoms with van der Waals surface area (Å²) in [5.74, 6) is 3.76. The molecule has 4 fully saturated rings. The molecule has 5 nitrogen and oxygen atoms in total. The van der Waals surface area contributed by atoms with E-state index >= 15 is 0 Å². The molecule has 0 aliphatic heterocycles. The van der Waals surface area contributed by atoms with Crippen molar-refractivity contribution >= 4 is 23.4 Å². The zero-order chi connectivity index (χ0) is 20.9. The fourth-order valence-electron chi connectivity index (χ4n) is 6.24.